The van der Waals surface area contributed by atoms with Crippen molar-refractivity contribution in [2.24, 2.45) is 5.92 Å². The molecule has 1 N–H and O–H groups in total. The maximum atomic E-state index is 12.6. The molecule has 0 unspecified atom stereocenters. The maximum Gasteiger partial charge on any atom is 0.306 e. The molecule has 6 nitrogen and oxygen atoms in total. The standard InChI is InChI=1S/C30H33N3O3S/c1-3-36-28(34)16-21-7-9-23(10-8-21)24-11-13-25(14-12-24)27-19-33-18-26(32-30(33)37-27)29(35)31-17-22-6-4-5-20(2)15-22/h4-6,11-15,18-19,21,23H,3,7-10,16-17H2,1-2H3,(H,31,35)/t21-,23-. The number of nitrogens with zero attached hydrogens (tertiary/aromatic N) is 2. The molecule has 37 heavy (non-hydrogen) atoms. The van der Waals surface area contributed by atoms with Crippen LogP contribution in [-0.2, 0) is 16.1 Å². The van der Waals surface area contributed by atoms with E-state index >= 15 is 0 Å². The first-order valence-electron chi connectivity index (χ1n) is 13.1. The molecule has 2 heterocycles. The van der Waals surface area contributed by atoms with Crippen LogP contribution in [0, 0.1) is 12.8 Å². The van der Waals surface area contributed by atoms with Crippen LogP contribution >= 0.6 is 11.3 Å². The number of hydrogen-bond acceptors (Lipinski definition) is 5. The summed E-state index contributed by atoms with van der Waals surface area (Å²) in [5.41, 5.74) is 5.20. The molecule has 1 amide bonds. The zero-order valence-corrected chi connectivity index (χ0v) is 22.2. The van der Waals surface area contributed by atoms with Crippen LogP contribution in [0.15, 0.2) is 60.9 Å². The van der Waals surface area contributed by atoms with Gasteiger partial charge < -0.3 is 10.1 Å². The molecule has 1 fully saturated rings. The fraction of sp³-hybridized carbons (Fsp3) is 0.367. The van der Waals surface area contributed by atoms with Gasteiger partial charge in [0.1, 0.15) is 5.69 Å². The SMILES string of the molecule is CCOC(=O)C[C@H]1CC[C@H](c2ccc(-c3cn4cc(C(=O)NCc5cccc(C)c5)nc4s3)cc2)CC1. The van der Waals surface area contributed by atoms with Crippen LogP contribution in [0.25, 0.3) is 15.4 Å². The molecule has 7 heteroatoms. The van der Waals surface area contributed by atoms with E-state index in [0.717, 1.165) is 46.6 Å². The molecule has 0 bridgehead atoms. The normalized spacial score (nSPS) is 17.6. The Kier molecular flexibility index (Phi) is 7.70. The van der Waals surface area contributed by atoms with E-state index in [2.05, 4.69) is 40.6 Å². The second-order valence-electron chi connectivity index (χ2n) is 9.93. The summed E-state index contributed by atoms with van der Waals surface area (Å²) >= 11 is 1.58. The van der Waals surface area contributed by atoms with E-state index in [1.165, 1.54) is 11.1 Å². The highest BCUT2D eigenvalue weighted by molar-refractivity contribution is 7.20. The first kappa shape index (κ1) is 25.2. The van der Waals surface area contributed by atoms with Gasteiger partial charge in [0.25, 0.3) is 5.91 Å². The molecule has 0 atom stereocenters. The minimum absolute atomic E-state index is 0.0624. The van der Waals surface area contributed by atoms with Crippen LogP contribution in [-0.4, -0.2) is 27.9 Å². The molecule has 192 valence electrons. The molecular weight excluding hydrogens is 482 g/mol. The summed E-state index contributed by atoms with van der Waals surface area (Å²) in [6.07, 6.45) is 8.78. The Morgan fingerprint density at radius 2 is 1.86 bits per heavy atom. The number of ether oxygens (including phenoxy) is 1. The van der Waals surface area contributed by atoms with Gasteiger partial charge in [-0.05, 0) is 68.1 Å². The minimum Gasteiger partial charge on any atom is -0.466 e. The summed E-state index contributed by atoms with van der Waals surface area (Å²) in [7, 11) is 0. The first-order chi connectivity index (χ1) is 18.0. The summed E-state index contributed by atoms with van der Waals surface area (Å²) in [5.74, 6) is 0.772. The Hall–Kier alpha value is -3.45. The van der Waals surface area contributed by atoms with Crippen molar-refractivity contribution < 1.29 is 14.3 Å². The zero-order chi connectivity index (χ0) is 25.8. The third-order valence-electron chi connectivity index (χ3n) is 7.20. The van der Waals surface area contributed by atoms with Gasteiger partial charge in [-0.3, -0.25) is 14.0 Å². The van der Waals surface area contributed by atoms with Gasteiger partial charge in [0, 0.05) is 25.4 Å². The topological polar surface area (TPSA) is 72.7 Å². The van der Waals surface area contributed by atoms with Crippen LogP contribution in [0.4, 0.5) is 0 Å². The lowest BCUT2D eigenvalue weighted by Crippen LogP contribution is -2.23. The van der Waals surface area contributed by atoms with Crippen molar-refractivity contribution in [3.8, 4) is 10.4 Å². The Labute approximate surface area is 221 Å². The molecular formula is C30H33N3O3S. The number of carbonyl (C=O) groups excluding carboxylic acids is 2. The molecule has 1 aliphatic rings. The number of fused-ring (bicyclic) bond motifs is 1. The lowest BCUT2D eigenvalue weighted by Gasteiger charge is -2.28. The van der Waals surface area contributed by atoms with Crippen molar-refractivity contribution in [1.82, 2.24) is 14.7 Å². The monoisotopic (exact) mass is 515 g/mol. The highest BCUT2D eigenvalue weighted by Crippen LogP contribution is 2.38. The number of carbonyl (C=O) groups is 2. The van der Waals surface area contributed by atoms with Crippen LogP contribution in [0.2, 0.25) is 0 Å². The van der Waals surface area contributed by atoms with Crippen LogP contribution < -0.4 is 5.32 Å². The lowest BCUT2D eigenvalue weighted by atomic mass is 9.77. The van der Waals surface area contributed by atoms with Gasteiger partial charge >= 0.3 is 5.97 Å². The Balaban J connectivity index is 1.18. The Bertz CT molecular complexity index is 1350. The number of aryl methyl sites for hydroxylation is 1. The van der Waals surface area contributed by atoms with Crippen molar-refractivity contribution >= 4 is 28.2 Å². The molecule has 2 aromatic carbocycles. The summed E-state index contributed by atoms with van der Waals surface area (Å²) in [5, 5.41) is 2.96. The Morgan fingerprint density at radius 1 is 1.08 bits per heavy atom. The molecule has 2 aromatic heterocycles. The van der Waals surface area contributed by atoms with Crippen LogP contribution in [0.5, 0.6) is 0 Å². The number of imidazole rings is 1. The second kappa shape index (κ2) is 11.3. The van der Waals surface area contributed by atoms with E-state index in [1.807, 2.05) is 42.6 Å². The number of nitrogens with one attached hydrogen (secondary N) is 1. The third-order valence-corrected chi connectivity index (χ3v) is 8.24. The third kappa shape index (κ3) is 6.10. The van der Waals surface area contributed by atoms with E-state index in [4.69, 9.17) is 4.74 Å². The number of thiazole rings is 1. The molecule has 1 aliphatic carbocycles. The Morgan fingerprint density at radius 3 is 2.57 bits per heavy atom. The van der Waals surface area contributed by atoms with E-state index in [-0.39, 0.29) is 11.9 Å². The highest BCUT2D eigenvalue weighted by Gasteiger charge is 2.24. The fourth-order valence-corrected chi connectivity index (χ4v) is 6.18. The predicted octanol–water partition coefficient (Wildman–Crippen LogP) is 6.53. The molecule has 0 saturated heterocycles. The maximum absolute atomic E-state index is 12.6. The van der Waals surface area contributed by atoms with Crippen molar-refractivity contribution in [2.75, 3.05) is 6.61 Å². The summed E-state index contributed by atoms with van der Waals surface area (Å²) < 4.78 is 7.04. The molecule has 0 aliphatic heterocycles. The van der Waals surface area contributed by atoms with E-state index in [9.17, 15) is 9.59 Å². The summed E-state index contributed by atoms with van der Waals surface area (Å²) in [4.78, 5) is 30.9. The van der Waals surface area contributed by atoms with Gasteiger partial charge in [-0.15, -0.1) is 0 Å². The van der Waals surface area contributed by atoms with Crippen LogP contribution in [0.1, 0.15) is 72.1 Å². The second-order valence-corrected chi connectivity index (χ2v) is 10.9. The van der Waals surface area contributed by atoms with Gasteiger partial charge in [-0.1, -0.05) is 65.4 Å². The van der Waals surface area contributed by atoms with E-state index in [1.54, 1.807) is 17.5 Å². The van der Waals surface area contributed by atoms with Gasteiger partial charge in [-0.2, -0.15) is 0 Å². The number of amides is 1. The van der Waals surface area contributed by atoms with Crippen molar-refractivity contribution in [2.45, 2.75) is 58.4 Å². The largest absolute Gasteiger partial charge is 0.466 e. The van der Waals surface area contributed by atoms with Crippen molar-refractivity contribution in [1.29, 1.82) is 0 Å². The van der Waals surface area contributed by atoms with Crippen molar-refractivity contribution in [3.63, 3.8) is 0 Å². The van der Waals surface area contributed by atoms with Crippen molar-refractivity contribution in [3.05, 3.63) is 83.3 Å². The van der Waals surface area contributed by atoms with Gasteiger partial charge in [0.05, 0.1) is 11.5 Å². The van der Waals surface area contributed by atoms with Gasteiger partial charge in [0.15, 0.2) is 4.96 Å². The molecule has 0 spiro atoms. The summed E-state index contributed by atoms with van der Waals surface area (Å²) in [6.45, 7) is 4.84. The average Bonchev–Trinajstić information content (AvgIpc) is 3.48. The molecule has 4 aromatic rings. The van der Waals surface area contributed by atoms with E-state index in [0.29, 0.717) is 37.1 Å². The smallest absolute Gasteiger partial charge is 0.306 e. The zero-order valence-electron chi connectivity index (χ0n) is 21.4. The molecule has 0 radical (unpaired) electrons. The first-order valence-corrected chi connectivity index (χ1v) is 13.9. The highest BCUT2D eigenvalue weighted by atomic mass is 32.1. The minimum atomic E-state index is -0.166. The van der Waals surface area contributed by atoms with Crippen LogP contribution in [0.3, 0.4) is 0 Å². The van der Waals surface area contributed by atoms with E-state index < -0.39 is 0 Å². The molecule has 1 saturated carbocycles. The summed E-state index contributed by atoms with van der Waals surface area (Å²) in [6, 6.07) is 16.9. The number of rotatable bonds is 8. The average molecular weight is 516 g/mol. The predicted molar refractivity (Wildman–Crippen MR) is 147 cm³/mol. The fourth-order valence-electron chi connectivity index (χ4n) is 5.21. The molecule has 5 rings (SSSR count). The van der Waals surface area contributed by atoms with Gasteiger partial charge in [0.2, 0.25) is 0 Å². The number of benzene rings is 2. The lowest BCUT2D eigenvalue weighted by molar-refractivity contribution is -0.144. The number of hydrogen-bond donors (Lipinski definition) is 1. The number of aromatic nitrogens is 2. The van der Waals surface area contributed by atoms with Gasteiger partial charge in [-0.25, -0.2) is 4.98 Å². The quantitative estimate of drug-likeness (QED) is 0.271. The number of esters is 1.